The molecule has 0 radical (unpaired) electrons. The van der Waals surface area contributed by atoms with E-state index in [0.29, 0.717) is 25.1 Å². The Bertz CT molecular complexity index is 1260. The summed E-state index contributed by atoms with van der Waals surface area (Å²) in [5.41, 5.74) is 2.75. The molecule has 0 saturated carbocycles. The van der Waals surface area contributed by atoms with Crippen LogP contribution in [0, 0.1) is 5.92 Å². The molecule has 1 aliphatic rings. The Morgan fingerprint density at radius 1 is 1.11 bits per heavy atom. The van der Waals surface area contributed by atoms with E-state index in [9.17, 15) is 21.6 Å². The molecule has 2 aromatic carbocycles. The van der Waals surface area contributed by atoms with Crippen LogP contribution in [0.5, 0.6) is 0 Å². The molecule has 1 amide bonds. The molecule has 11 heteroatoms. The van der Waals surface area contributed by atoms with Gasteiger partial charge in [-0.15, -0.1) is 0 Å². The quantitative estimate of drug-likeness (QED) is 0.466. The summed E-state index contributed by atoms with van der Waals surface area (Å²) in [7, 11) is -3.33. The van der Waals surface area contributed by atoms with Gasteiger partial charge in [-0.3, -0.25) is 4.79 Å². The van der Waals surface area contributed by atoms with E-state index >= 15 is 0 Å². The van der Waals surface area contributed by atoms with Crippen LogP contribution in [-0.2, 0) is 37.8 Å². The van der Waals surface area contributed by atoms with Crippen molar-refractivity contribution in [2.45, 2.75) is 24.3 Å². The zero-order chi connectivity index (χ0) is 25.6. The van der Waals surface area contributed by atoms with Crippen LogP contribution in [0.2, 0.25) is 0 Å². The molecule has 35 heavy (non-hydrogen) atoms. The maximum absolute atomic E-state index is 13.0. The summed E-state index contributed by atoms with van der Waals surface area (Å²) in [5.74, 6) is -0.263. The maximum Gasteiger partial charge on any atom is 0.243 e. The Hall–Kier alpha value is -2.73. The molecule has 1 fully saturated rings. The molecular formula is C24H32N4O5S2. The second-order valence-electron chi connectivity index (χ2n) is 8.74. The predicted octanol–water partition coefficient (Wildman–Crippen LogP) is 1.69. The summed E-state index contributed by atoms with van der Waals surface area (Å²) in [6.45, 7) is 4.37. The number of anilines is 1. The first-order valence-electron chi connectivity index (χ1n) is 11.2. The molecule has 2 aromatic rings. The summed E-state index contributed by atoms with van der Waals surface area (Å²) in [6.07, 6.45) is 0.706. The average Bonchev–Trinajstić information content (AvgIpc) is 3.32. The number of rotatable bonds is 11. The average molecular weight is 521 g/mol. The van der Waals surface area contributed by atoms with Gasteiger partial charge in [0.15, 0.2) is 0 Å². The van der Waals surface area contributed by atoms with Crippen molar-refractivity contribution >= 4 is 31.6 Å². The number of hydrogen-bond donors (Lipinski definition) is 2. The van der Waals surface area contributed by atoms with Crippen LogP contribution in [0.25, 0.3) is 0 Å². The highest BCUT2D eigenvalue weighted by molar-refractivity contribution is 7.92. The zero-order valence-electron chi connectivity index (χ0n) is 20.0. The largest absolute Gasteiger partial charge is 0.378 e. The predicted molar refractivity (Wildman–Crippen MR) is 137 cm³/mol. The summed E-state index contributed by atoms with van der Waals surface area (Å²) in [6, 6.07) is 14.2. The van der Waals surface area contributed by atoms with Crippen molar-refractivity contribution in [2.24, 2.45) is 5.92 Å². The number of sulfonamides is 2. The Labute approximate surface area is 207 Å². The van der Waals surface area contributed by atoms with Crippen molar-refractivity contribution in [3.05, 3.63) is 71.6 Å². The molecule has 2 N–H and O–H groups in total. The van der Waals surface area contributed by atoms with Crippen LogP contribution in [0.3, 0.4) is 0 Å². The normalized spacial score (nSPS) is 16.7. The topological polar surface area (TPSA) is 116 Å². The van der Waals surface area contributed by atoms with Gasteiger partial charge in [-0.1, -0.05) is 30.8 Å². The number of carbonyl (C=O) groups is 1. The van der Waals surface area contributed by atoms with Crippen LogP contribution < -0.4 is 14.9 Å². The molecule has 1 heterocycles. The van der Waals surface area contributed by atoms with Gasteiger partial charge in [0, 0.05) is 51.4 Å². The molecule has 0 bridgehead atoms. The molecule has 0 unspecified atom stereocenters. The van der Waals surface area contributed by atoms with E-state index in [1.54, 1.807) is 12.1 Å². The third kappa shape index (κ3) is 7.38. The minimum absolute atomic E-state index is 0.110. The van der Waals surface area contributed by atoms with Gasteiger partial charge in [0.25, 0.3) is 0 Å². The van der Waals surface area contributed by atoms with Gasteiger partial charge in [0.2, 0.25) is 26.0 Å². The first-order valence-corrected chi connectivity index (χ1v) is 14.2. The van der Waals surface area contributed by atoms with Crippen LogP contribution in [0.15, 0.2) is 65.4 Å². The molecule has 9 nitrogen and oxygen atoms in total. The molecular weight excluding hydrogens is 488 g/mol. The fraction of sp³-hybridized carbons (Fsp3) is 0.375. The van der Waals surface area contributed by atoms with E-state index in [1.807, 2.05) is 43.3 Å². The molecule has 1 atom stereocenters. The van der Waals surface area contributed by atoms with Crippen LogP contribution in [0.1, 0.15) is 17.5 Å². The minimum Gasteiger partial charge on any atom is -0.378 e. The molecule has 1 saturated heterocycles. The van der Waals surface area contributed by atoms with Crippen molar-refractivity contribution in [3.63, 3.8) is 0 Å². The molecule has 0 aromatic heterocycles. The molecule has 0 spiro atoms. The first-order chi connectivity index (χ1) is 16.5. The lowest BCUT2D eigenvalue weighted by Gasteiger charge is -2.17. The number of benzene rings is 2. The Kier molecular flexibility index (Phi) is 8.70. The number of hydrogen-bond acceptors (Lipinski definition) is 6. The second-order valence-corrected chi connectivity index (χ2v) is 12.4. The maximum atomic E-state index is 13.0. The number of amides is 1. The van der Waals surface area contributed by atoms with E-state index < -0.39 is 20.0 Å². The van der Waals surface area contributed by atoms with Crippen LogP contribution in [-0.4, -0.2) is 60.8 Å². The van der Waals surface area contributed by atoms with Gasteiger partial charge < -0.3 is 10.2 Å². The molecule has 0 aliphatic carbocycles. The standard InChI is InChI=1S/C24H32N4O5S2/c1-4-34(30,31)26-17-21-12-13-28(18-21)35(32,33)23-10-8-19(9-11-23)15-24(29)25-16-20-6-5-7-22(14-20)27(2)3/h4-11,14,21,26H,1,12-13,15-18H2,2-3H3,(H,25,29)/t21-/m1/s1. The fourth-order valence-corrected chi connectivity index (χ4v) is 5.91. The number of carbonyl (C=O) groups excluding carboxylic acids is 1. The second kappa shape index (κ2) is 11.3. The van der Waals surface area contributed by atoms with E-state index in [1.165, 1.54) is 16.4 Å². The van der Waals surface area contributed by atoms with Gasteiger partial charge in [-0.05, 0) is 47.7 Å². The highest BCUT2D eigenvalue weighted by Crippen LogP contribution is 2.24. The smallest absolute Gasteiger partial charge is 0.243 e. The van der Waals surface area contributed by atoms with Gasteiger partial charge in [-0.2, -0.15) is 4.31 Å². The lowest BCUT2D eigenvalue weighted by molar-refractivity contribution is -0.120. The summed E-state index contributed by atoms with van der Waals surface area (Å²) < 4.78 is 52.8. The Balaban J connectivity index is 1.53. The third-order valence-electron chi connectivity index (χ3n) is 5.88. The van der Waals surface area contributed by atoms with E-state index in [2.05, 4.69) is 16.6 Å². The SMILES string of the molecule is C=CS(=O)(=O)NC[C@H]1CCN(S(=O)(=O)c2ccc(CC(=O)NCc3cccc(N(C)C)c3)cc2)C1. The van der Waals surface area contributed by atoms with Crippen molar-refractivity contribution in [1.82, 2.24) is 14.3 Å². The molecule has 1 aliphatic heterocycles. The number of nitrogens with one attached hydrogen (secondary N) is 2. The van der Waals surface area contributed by atoms with Crippen molar-refractivity contribution < 1.29 is 21.6 Å². The Morgan fingerprint density at radius 2 is 1.83 bits per heavy atom. The summed E-state index contributed by atoms with van der Waals surface area (Å²) in [4.78, 5) is 14.5. The van der Waals surface area contributed by atoms with Gasteiger partial charge in [-0.25, -0.2) is 21.6 Å². The summed E-state index contributed by atoms with van der Waals surface area (Å²) in [5, 5.41) is 3.73. The fourth-order valence-electron chi connectivity index (χ4n) is 3.80. The molecule has 190 valence electrons. The van der Waals surface area contributed by atoms with Gasteiger partial charge >= 0.3 is 0 Å². The van der Waals surface area contributed by atoms with E-state index in [-0.39, 0.29) is 36.2 Å². The van der Waals surface area contributed by atoms with Gasteiger partial charge in [0.05, 0.1) is 11.3 Å². The van der Waals surface area contributed by atoms with Crippen LogP contribution >= 0.6 is 0 Å². The molecule has 3 rings (SSSR count). The van der Waals surface area contributed by atoms with E-state index in [0.717, 1.165) is 16.7 Å². The van der Waals surface area contributed by atoms with Gasteiger partial charge in [0.1, 0.15) is 0 Å². The van der Waals surface area contributed by atoms with Crippen molar-refractivity contribution in [1.29, 1.82) is 0 Å². The van der Waals surface area contributed by atoms with E-state index in [4.69, 9.17) is 0 Å². The minimum atomic E-state index is -3.70. The highest BCUT2D eigenvalue weighted by Gasteiger charge is 2.32. The van der Waals surface area contributed by atoms with Crippen molar-refractivity contribution in [2.75, 3.05) is 38.6 Å². The first kappa shape index (κ1) is 26.9. The monoisotopic (exact) mass is 520 g/mol. The zero-order valence-corrected chi connectivity index (χ0v) is 21.6. The summed E-state index contributed by atoms with van der Waals surface area (Å²) >= 11 is 0. The lowest BCUT2D eigenvalue weighted by Crippen LogP contribution is -2.32. The van der Waals surface area contributed by atoms with Crippen LogP contribution in [0.4, 0.5) is 5.69 Å². The highest BCUT2D eigenvalue weighted by atomic mass is 32.2. The number of nitrogens with zero attached hydrogens (tertiary/aromatic N) is 2. The van der Waals surface area contributed by atoms with Crippen molar-refractivity contribution in [3.8, 4) is 0 Å². The Morgan fingerprint density at radius 3 is 2.49 bits per heavy atom. The lowest BCUT2D eigenvalue weighted by atomic mass is 10.1. The third-order valence-corrected chi connectivity index (χ3v) is 8.77.